The van der Waals surface area contributed by atoms with Crippen LogP contribution in [0.15, 0.2) is 18.2 Å². The van der Waals surface area contributed by atoms with Crippen molar-refractivity contribution in [2.24, 2.45) is 0 Å². The second-order valence-electron chi connectivity index (χ2n) is 11.4. The fraction of sp³-hybridized carbons (Fsp3) is 0.667. The number of ether oxygens (including phenoxy) is 1. The smallest absolute Gasteiger partial charge is 0.408 e. The zero-order chi connectivity index (χ0) is 25.7. The molecular weight excluding hydrogens is 430 g/mol. The van der Waals surface area contributed by atoms with Crippen LogP contribution in [0.1, 0.15) is 96.4 Å². The zero-order valence-corrected chi connectivity index (χ0v) is 22.2. The Morgan fingerprint density at radius 3 is 2.21 bits per heavy atom. The molecule has 3 amide bonds. The lowest BCUT2D eigenvalue weighted by molar-refractivity contribution is -0.146. The molecule has 1 aliphatic carbocycles. The number of hydrogen-bond donors (Lipinski definition) is 2. The first kappa shape index (κ1) is 27.7. The summed E-state index contributed by atoms with van der Waals surface area (Å²) in [5, 5.41) is 5.78. The van der Waals surface area contributed by atoms with Gasteiger partial charge < -0.3 is 20.3 Å². The minimum absolute atomic E-state index is 0.116. The predicted octanol–water partition coefficient (Wildman–Crippen LogP) is 4.95. The molecule has 0 radical (unpaired) electrons. The predicted molar refractivity (Wildman–Crippen MR) is 135 cm³/mol. The van der Waals surface area contributed by atoms with Gasteiger partial charge in [0.05, 0.1) is 0 Å². The van der Waals surface area contributed by atoms with E-state index >= 15 is 0 Å². The zero-order valence-electron chi connectivity index (χ0n) is 22.2. The lowest BCUT2D eigenvalue weighted by Crippen LogP contribution is -2.56. The van der Waals surface area contributed by atoms with Gasteiger partial charge in [0, 0.05) is 11.6 Å². The SMILES string of the molecule is Cc1ccc(C)c(C(C(=O)NC2CCCCC2)N(C(=O)CNC(=O)OC(C)(C)C)C(C)(C)C)c1. The third-order valence-electron chi connectivity index (χ3n) is 5.96. The molecule has 0 spiro atoms. The second kappa shape index (κ2) is 11.2. The topological polar surface area (TPSA) is 87.7 Å². The molecule has 1 atom stereocenters. The minimum Gasteiger partial charge on any atom is -0.444 e. The highest BCUT2D eigenvalue weighted by molar-refractivity contribution is 5.91. The molecule has 190 valence electrons. The average Bonchev–Trinajstić information content (AvgIpc) is 2.70. The van der Waals surface area contributed by atoms with E-state index in [0.717, 1.165) is 42.4 Å². The Morgan fingerprint density at radius 1 is 1.03 bits per heavy atom. The van der Waals surface area contributed by atoms with Gasteiger partial charge in [-0.05, 0) is 79.4 Å². The number of nitrogens with one attached hydrogen (secondary N) is 2. The molecule has 7 heteroatoms. The van der Waals surface area contributed by atoms with E-state index in [1.807, 2.05) is 52.8 Å². The average molecular weight is 474 g/mol. The van der Waals surface area contributed by atoms with Crippen molar-refractivity contribution in [1.29, 1.82) is 0 Å². The number of rotatable bonds is 6. The molecule has 1 aliphatic rings. The van der Waals surface area contributed by atoms with Gasteiger partial charge in [0.15, 0.2) is 0 Å². The number of alkyl carbamates (subject to hydrolysis) is 1. The van der Waals surface area contributed by atoms with Crippen LogP contribution >= 0.6 is 0 Å². The van der Waals surface area contributed by atoms with Crippen molar-refractivity contribution in [2.75, 3.05) is 6.54 Å². The van der Waals surface area contributed by atoms with E-state index < -0.39 is 23.3 Å². The molecule has 34 heavy (non-hydrogen) atoms. The number of aryl methyl sites for hydroxylation is 2. The molecule has 0 aromatic heterocycles. The Labute approximate surface area is 205 Å². The second-order valence-corrected chi connectivity index (χ2v) is 11.4. The number of carbonyl (C=O) groups is 3. The van der Waals surface area contributed by atoms with Crippen molar-refractivity contribution in [3.63, 3.8) is 0 Å². The number of carbonyl (C=O) groups excluding carboxylic acids is 3. The van der Waals surface area contributed by atoms with Crippen LogP contribution in [0.4, 0.5) is 4.79 Å². The maximum absolute atomic E-state index is 13.8. The van der Waals surface area contributed by atoms with E-state index in [-0.39, 0.29) is 24.4 Å². The van der Waals surface area contributed by atoms with Crippen LogP contribution in [-0.4, -0.2) is 46.5 Å². The number of benzene rings is 1. The van der Waals surface area contributed by atoms with Gasteiger partial charge in [-0.1, -0.05) is 43.0 Å². The van der Waals surface area contributed by atoms with Crippen molar-refractivity contribution >= 4 is 17.9 Å². The molecule has 1 fully saturated rings. The third kappa shape index (κ3) is 8.03. The monoisotopic (exact) mass is 473 g/mol. The molecule has 0 bridgehead atoms. The molecule has 0 heterocycles. The van der Waals surface area contributed by atoms with E-state index in [2.05, 4.69) is 10.6 Å². The largest absolute Gasteiger partial charge is 0.444 e. The molecule has 1 aromatic carbocycles. The van der Waals surface area contributed by atoms with Crippen molar-refractivity contribution in [3.05, 3.63) is 34.9 Å². The number of amides is 3. The van der Waals surface area contributed by atoms with E-state index in [9.17, 15) is 14.4 Å². The Hall–Kier alpha value is -2.57. The summed E-state index contributed by atoms with van der Waals surface area (Å²) in [4.78, 5) is 41.1. The normalized spacial score (nSPS) is 15.9. The minimum atomic E-state index is -0.810. The lowest BCUT2D eigenvalue weighted by atomic mass is 9.91. The standard InChI is InChI=1S/C27H43N3O4/c1-18-14-15-19(2)21(16-18)23(24(32)29-20-12-10-9-11-13-20)30(26(3,4)5)22(31)17-28-25(33)34-27(6,7)8/h14-16,20,23H,9-13,17H2,1-8H3,(H,28,33)(H,29,32). The molecule has 7 nitrogen and oxygen atoms in total. The molecule has 2 N–H and O–H groups in total. The van der Waals surface area contributed by atoms with Gasteiger partial charge in [0.2, 0.25) is 11.8 Å². The van der Waals surface area contributed by atoms with Crippen molar-refractivity contribution in [1.82, 2.24) is 15.5 Å². The summed E-state index contributed by atoms with van der Waals surface area (Å²) in [7, 11) is 0. The van der Waals surface area contributed by atoms with Gasteiger partial charge in [0.1, 0.15) is 18.2 Å². The van der Waals surface area contributed by atoms with Crippen LogP contribution in [0, 0.1) is 13.8 Å². The highest BCUT2D eigenvalue weighted by Crippen LogP contribution is 2.32. The van der Waals surface area contributed by atoms with Crippen LogP contribution in [0.5, 0.6) is 0 Å². The first-order chi connectivity index (χ1) is 15.7. The highest BCUT2D eigenvalue weighted by Gasteiger charge is 2.40. The van der Waals surface area contributed by atoms with Gasteiger partial charge in [-0.2, -0.15) is 0 Å². The number of nitrogens with zero attached hydrogens (tertiary/aromatic N) is 1. The molecule has 1 saturated carbocycles. The maximum Gasteiger partial charge on any atom is 0.408 e. The Kier molecular flexibility index (Phi) is 9.15. The van der Waals surface area contributed by atoms with Crippen LogP contribution in [0.2, 0.25) is 0 Å². The third-order valence-corrected chi connectivity index (χ3v) is 5.96. The summed E-state index contributed by atoms with van der Waals surface area (Å²) in [6, 6.07) is 5.27. The van der Waals surface area contributed by atoms with Crippen LogP contribution in [0.3, 0.4) is 0 Å². The van der Waals surface area contributed by atoms with Crippen LogP contribution in [0.25, 0.3) is 0 Å². The van der Waals surface area contributed by atoms with Gasteiger partial charge in [-0.3, -0.25) is 9.59 Å². The molecule has 1 aromatic rings. The summed E-state index contributed by atoms with van der Waals surface area (Å²) in [6.07, 6.45) is 4.63. The summed E-state index contributed by atoms with van der Waals surface area (Å²) >= 11 is 0. The molecular formula is C27H43N3O4. The summed E-state index contributed by atoms with van der Waals surface area (Å²) in [5.74, 6) is -0.524. The summed E-state index contributed by atoms with van der Waals surface area (Å²) in [6.45, 7) is 14.7. The molecule has 2 rings (SSSR count). The van der Waals surface area contributed by atoms with E-state index in [1.165, 1.54) is 6.42 Å². The first-order valence-corrected chi connectivity index (χ1v) is 12.4. The molecule has 0 saturated heterocycles. The Balaban J connectivity index is 2.39. The van der Waals surface area contributed by atoms with Crippen LogP contribution < -0.4 is 10.6 Å². The van der Waals surface area contributed by atoms with E-state index in [0.29, 0.717) is 0 Å². The molecule has 0 aliphatic heterocycles. The highest BCUT2D eigenvalue weighted by atomic mass is 16.6. The summed E-state index contributed by atoms with van der Waals surface area (Å²) < 4.78 is 5.28. The van der Waals surface area contributed by atoms with E-state index in [4.69, 9.17) is 4.74 Å². The van der Waals surface area contributed by atoms with E-state index in [1.54, 1.807) is 25.7 Å². The number of hydrogen-bond acceptors (Lipinski definition) is 4. The van der Waals surface area contributed by atoms with Crippen molar-refractivity contribution < 1.29 is 19.1 Å². The maximum atomic E-state index is 13.8. The Morgan fingerprint density at radius 2 is 1.65 bits per heavy atom. The van der Waals surface area contributed by atoms with Gasteiger partial charge in [-0.25, -0.2) is 4.79 Å². The van der Waals surface area contributed by atoms with Gasteiger partial charge in [0.25, 0.3) is 0 Å². The van der Waals surface area contributed by atoms with Crippen LogP contribution in [-0.2, 0) is 14.3 Å². The first-order valence-electron chi connectivity index (χ1n) is 12.4. The Bertz CT molecular complexity index is 877. The van der Waals surface area contributed by atoms with Crippen molar-refractivity contribution in [3.8, 4) is 0 Å². The fourth-order valence-corrected chi connectivity index (χ4v) is 4.43. The van der Waals surface area contributed by atoms with Gasteiger partial charge in [-0.15, -0.1) is 0 Å². The van der Waals surface area contributed by atoms with Gasteiger partial charge >= 0.3 is 6.09 Å². The summed E-state index contributed by atoms with van der Waals surface area (Å²) in [5.41, 5.74) is 1.42. The molecule has 1 unspecified atom stereocenters. The quantitative estimate of drug-likeness (QED) is 0.612. The van der Waals surface area contributed by atoms with Crippen molar-refractivity contribution in [2.45, 2.75) is 111 Å². The lowest BCUT2D eigenvalue weighted by Gasteiger charge is -2.42. The fourth-order valence-electron chi connectivity index (χ4n) is 4.43.